The number of pyridine rings is 1. The van der Waals surface area contributed by atoms with E-state index in [-0.39, 0.29) is 5.91 Å². The zero-order valence-corrected chi connectivity index (χ0v) is 11.2. The molecule has 0 saturated carbocycles. The van der Waals surface area contributed by atoms with Crippen LogP contribution in [0.15, 0.2) is 12.3 Å². The fraction of sp³-hybridized carbons (Fsp3) is 0.462. The van der Waals surface area contributed by atoms with Gasteiger partial charge in [0.25, 0.3) is 0 Å². The van der Waals surface area contributed by atoms with E-state index in [1.807, 2.05) is 33.8 Å². The maximum atomic E-state index is 11.7. The van der Waals surface area contributed by atoms with Crippen LogP contribution in [-0.4, -0.2) is 20.5 Å². The number of hydrogen-bond acceptors (Lipinski definition) is 3. The van der Waals surface area contributed by atoms with E-state index in [4.69, 9.17) is 0 Å². The van der Waals surface area contributed by atoms with Crippen molar-refractivity contribution >= 4 is 17.2 Å². The van der Waals surface area contributed by atoms with Crippen LogP contribution in [0.2, 0.25) is 0 Å². The molecule has 2 aromatic heterocycles. The summed E-state index contributed by atoms with van der Waals surface area (Å²) < 4.78 is 1.70. The highest BCUT2D eigenvalue weighted by atomic mass is 16.1. The highest BCUT2D eigenvalue weighted by Gasteiger charge is 2.09. The fourth-order valence-electron chi connectivity index (χ4n) is 1.91. The van der Waals surface area contributed by atoms with E-state index < -0.39 is 0 Å². The summed E-state index contributed by atoms with van der Waals surface area (Å²) in [5, 5.41) is 7.15. The zero-order chi connectivity index (χ0) is 13.3. The second-order valence-corrected chi connectivity index (χ2v) is 4.99. The van der Waals surface area contributed by atoms with E-state index in [2.05, 4.69) is 15.4 Å². The first-order valence-corrected chi connectivity index (χ1v) is 6.09. The molecule has 0 saturated heterocycles. The molecule has 5 nitrogen and oxygen atoms in total. The molecule has 0 bridgehead atoms. The van der Waals surface area contributed by atoms with Crippen molar-refractivity contribution in [1.82, 2.24) is 14.6 Å². The van der Waals surface area contributed by atoms with Crippen LogP contribution in [-0.2, 0) is 4.79 Å². The van der Waals surface area contributed by atoms with Gasteiger partial charge in [0.2, 0.25) is 5.91 Å². The van der Waals surface area contributed by atoms with Gasteiger partial charge in [-0.1, -0.05) is 13.8 Å². The summed E-state index contributed by atoms with van der Waals surface area (Å²) in [5.74, 6) is 1.10. The third-order valence-electron chi connectivity index (χ3n) is 2.60. The molecule has 0 aliphatic rings. The molecule has 5 heteroatoms. The summed E-state index contributed by atoms with van der Waals surface area (Å²) in [6, 6.07) is 1.92. The predicted molar refractivity (Wildman–Crippen MR) is 70.5 cm³/mol. The lowest BCUT2D eigenvalue weighted by Gasteiger charge is -2.08. The number of hydrogen-bond donors (Lipinski definition) is 1. The number of carbonyl (C=O) groups excluding carboxylic acids is 1. The molecule has 0 unspecified atom stereocenters. The summed E-state index contributed by atoms with van der Waals surface area (Å²) in [4.78, 5) is 16.0. The van der Waals surface area contributed by atoms with E-state index in [1.54, 1.807) is 10.7 Å². The minimum Gasteiger partial charge on any atom is -0.325 e. The Morgan fingerprint density at radius 3 is 2.83 bits per heavy atom. The Morgan fingerprint density at radius 1 is 1.44 bits per heavy atom. The van der Waals surface area contributed by atoms with Gasteiger partial charge in [0, 0.05) is 6.42 Å². The molecule has 0 aliphatic heterocycles. The standard InChI is InChI=1S/C13H18N4O/c1-8(2)5-12(18)15-11-6-9(3)13-14-10(4)16-17(13)7-11/h6-8H,5H2,1-4H3,(H,15,18). The lowest BCUT2D eigenvalue weighted by molar-refractivity contribution is -0.116. The average Bonchev–Trinajstić information content (AvgIpc) is 2.57. The van der Waals surface area contributed by atoms with Gasteiger partial charge in [-0.05, 0) is 31.4 Å². The fourth-order valence-corrected chi connectivity index (χ4v) is 1.91. The van der Waals surface area contributed by atoms with Gasteiger partial charge in [0.05, 0.1) is 11.9 Å². The van der Waals surface area contributed by atoms with Crippen molar-refractivity contribution < 1.29 is 4.79 Å². The van der Waals surface area contributed by atoms with Gasteiger partial charge in [-0.2, -0.15) is 5.10 Å². The smallest absolute Gasteiger partial charge is 0.224 e. The quantitative estimate of drug-likeness (QED) is 0.904. The van der Waals surface area contributed by atoms with Crippen LogP contribution < -0.4 is 5.32 Å². The van der Waals surface area contributed by atoms with E-state index >= 15 is 0 Å². The number of fused-ring (bicyclic) bond motifs is 1. The first-order valence-electron chi connectivity index (χ1n) is 6.09. The van der Waals surface area contributed by atoms with Crippen molar-refractivity contribution in [2.45, 2.75) is 34.1 Å². The van der Waals surface area contributed by atoms with Crippen LogP contribution in [0.5, 0.6) is 0 Å². The van der Waals surface area contributed by atoms with Gasteiger partial charge in [0.15, 0.2) is 5.65 Å². The molecule has 96 valence electrons. The molecule has 18 heavy (non-hydrogen) atoms. The average molecular weight is 246 g/mol. The highest BCUT2D eigenvalue weighted by Crippen LogP contribution is 2.15. The summed E-state index contributed by atoms with van der Waals surface area (Å²) in [5.41, 5.74) is 2.59. The van der Waals surface area contributed by atoms with Gasteiger partial charge in [-0.25, -0.2) is 9.50 Å². The van der Waals surface area contributed by atoms with Crippen molar-refractivity contribution in [3.63, 3.8) is 0 Å². The van der Waals surface area contributed by atoms with Crippen LogP contribution in [0, 0.1) is 19.8 Å². The Bertz CT molecular complexity index is 586. The van der Waals surface area contributed by atoms with E-state index in [1.165, 1.54) is 0 Å². The molecule has 2 heterocycles. The largest absolute Gasteiger partial charge is 0.325 e. The van der Waals surface area contributed by atoms with Gasteiger partial charge < -0.3 is 5.32 Å². The lowest BCUT2D eigenvalue weighted by atomic mass is 10.1. The van der Waals surface area contributed by atoms with E-state index in [0.29, 0.717) is 12.3 Å². The summed E-state index contributed by atoms with van der Waals surface area (Å²) in [6.45, 7) is 7.86. The van der Waals surface area contributed by atoms with Crippen LogP contribution in [0.3, 0.4) is 0 Å². The molecule has 0 radical (unpaired) electrons. The number of aryl methyl sites for hydroxylation is 2. The number of carbonyl (C=O) groups is 1. The molecule has 0 fully saturated rings. The number of amides is 1. The lowest BCUT2D eigenvalue weighted by Crippen LogP contribution is -2.14. The second kappa shape index (κ2) is 4.76. The van der Waals surface area contributed by atoms with Crippen molar-refractivity contribution in [3.8, 4) is 0 Å². The first kappa shape index (κ1) is 12.5. The number of rotatable bonds is 3. The maximum Gasteiger partial charge on any atom is 0.224 e. The van der Waals surface area contributed by atoms with Gasteiger partial charge in [-0.3, -0.25) is 4.79 Å². The minimum absolute atomic E-state index is 0.0283. The summed E-state index contributed by atoms with van der Waals surface area (Å²) in [7, 11) is 0. The SMILES string of the molecule is Cc1nc2c(C)cc(NC(=O)CC(C)C)cn2n1. The van der Waals surface area contributed by atoms with Crippen molar-refractivity contribution in [3.05, 3.63) is 23.7 Å². The molecule has 1 N–H and O–H groups in total. The number of aromatic nitrogens is 3. The van der Waals surface area contributed by atoms with Crippen LogP contribution in [0.25, 0.3) is 5.65 Å². The van der Waals surface area contributed by atoms with Crippen LogP contribution in [0.4, 0.5) is 5.69 Å². The molecule has 0 aliphatic carbocycles. The van der Waals surface area contributed by atoms with Crippen LogP contribution >= 0.6 is 0 Å². The molecule has 2 aromatic rings. The number of nitrogens with zero attached hydrogens (tertiary/aromatic N) is 3. The van der Waals surface area contributed by atoms with Crippen molar-refractivity contribution in [2.24, 2.45) is 5.92 Å². The second-order valence-electron chi connectivity index (χ2n) is 4.99. The first-order chi connectivity index (χ1) is 8.45. The third-order valence-corrected chi connectivity index (χ3v) is 2.60. The molecule has 0 atom stereocenters. The molecule has 2 rings (SSSR count). The molecular formula is C13H18N4O. The van der Waals surface area contributed by atoms with Crippen molar-refractivity contribution in [1.29, 1.82) is 0 Å². The highest BCUT2D eigenvalue weighted by molar-refractivity contribution is 5.90. The summed E-state index contributed by atoms with van der Waals surface area (Å²) in [6.07, 6.45) is 2.31. The Balaban J connectivity index is 2.26. The van der Waals surface area contributed by atoms with Gasteiger partial charge in [-0.15, -0.1) is 0 Å². The zero-order valence-electron chi connectivity index (χ0n) is 11.2. The Morgan fingerprint density at radius 2 is 2.17 bits per heavy atom. The molecular weight excluding hydrogens is 228 g/mol. The van der Waals surface area contributed by atoms with Gasteiger partial charge >= 0.3 is 0 Å². The van der Waals surface area contributed by atoms with E-state index in [0.717, 1.165) is 22.7 Å². The Hall–Kier alpha value is -1.91. The topological polar surface area (TPSA) is 59.3 Å². The van der Waals surface area contributed by atoms with Crippen molar-refractivity contribution in [2.75, 3.05) is 5.32 Å². The van der Waals surface area contributed by atoms with E-state index in [9.17, 15) is 4.79 Å². The van der Waals surface area contributed by atoms with Gasteiger partial charge in [0.1, 0.15) is 5.82 Å². The molecule has 0 aromatic carbocycles. The number of anilines is 1. The molecule has 1 amide bonds. The Labute approximate surface area is 106 Å². The monoisotopic (exact) mass is 246 g/mol. The molecule has 0 spiro atoms. The maximum absolute atomic E-state index is 11.7. The summed E-state index contributed by atoms with van der Waals surface area (Å²) >= 11 is 0. The minimum atomic E-state index is 0.0283. The predicted octanol–water partition coefficient (Wildman–Crippen LogP) is 2.33. The normalized spacial score (nSPS) is 11.2. The number of nitrogens with one attached hydrogen (secondary N) is 1. The Kier molecular flexibility index (Phi) is 3.32. The van der Waals surface area contributed by atoms with Crippen LogP contribution in [0.1, 0.15) is 31.7 Å². The third kappa shape index (κ3) is 2.67.